The minimum absolute atomic E-state index is 0.612. The van der Waals surface area contributed by atoms with Crippen LogP contribution in [0.5, 0.6) is 0 Å². The van der Waals surface area contributed by atoms with Crippen molar-refractivity contribution < 1.29 is 0 Å². The third-order valence-electron chi connectivity index (χ3n) is 2.94. The highest BCUT2D eigenvalue weighted by molar-refractivity contribution is 9.11. The van der Waals surface area contributed by atoms with Crippen LogP contribution in [0.15, 0.2) is 63.5 Å². The summed E-state index contributed by atoms with van der Waals surface area (Å²) in [5, 5.41) is 4.59. The van der Waals surface area contributed by atoms with Gasteiger partial charge in [0, 0.05) is 20.6 Å². The molecule has 2 N–H and O–H groups in total. The lowest BCUT2D eigenvalue weighted by molar-refractivity contribution is 0.895. The van der Waals surface area contributed by atoms with Gasteiger partial charge in [-0.25, -0.2) is 4.68 Å². The lowest BCUT2D eigenvalue weighted by Gasteiger charge is -2.03. The summed E-state index contributed by atoms with van der Waals surface area (Å²) in [5.74, 6) is 0.612. The first-order chi connectivity index (χ1) is 9.65. The molecule has 0 spiro atoms. The molecule has 0 aliphatic rings. The molecule has 20 heavy (non-hydrogen) atoms. The molecule has 0 atom stereocenters. The zero-order valence-electron chi connectivity index (χ0n) is 10.4. The highest BCUT2D eigenvalue weighted by Crippen LogP contribution is 2.31. The SMILES string of the molecule is Nc1cc(-c2ccc(Br)cc2Br)nn1-c1ccccc1. The number of hydrogen-bond acceptors (Lipinski definition) is 2. The minimum atomic E-state index is 0.612. The Morgan fingerprint density at radius 3 is 2.40 bits per heavy atom. The largest absolute Gasteiger partial charge is 0.384 e. The highest BCUT2D eigenvalue weighted by Gasteiger charge is 2.11. The van der Waals surface area contributed by atoms with Crippen molar-refractivity contribution in [1.82, 2.24) is 9.78 Å². The average molecular weight is 393 g/mol. The number of hydrogen-bond donors (Lipinski definition) is 1. The molecule has 3 rings (SSSR count). The monoisotopic (exact) mass is 391 g/mol. The van der Waals surface area contributed by atoms with Gasteiger partial charge in [-0.3, -0.25) is 0 Å². The van der Waals surface area contributed by atoms with Crippen molar-refractivity contribution in [3.05, 3.63) is 63.5 Å². The Hall–Kier alpha value is -1.59. The van der Waals surface area contributed by atoms with E-state index in [1.165, 1.54) is 0 Å². The van der Waals surface area contributed by atoms with Crippen LogP contribution in [0.1, 0.15) is 0 Å². The molecule has 0 amide bonds. The number of nitrogens with two attached hydrogens (primary N) is 1. The molecule has 100 valence electrons. The van der Waals surface area contributed by atoms with E-state index in [1.54, 1.807) is 4.68 Å². The fourth-order valence-electron chi connectivity index (χ4n) is 2.00. The van der Waals surface area contributed by atoms with Crippen LogP contribution in [-0.2, 0) is 0 Å². The third kappa shape index (κ3) is 2.51. The van der Waals surface area contributed by atoms with Crippen molar-refractivity contribution in [3.63, 3.8) is 0 Å². The van der Waals surface area contributed by atoms with E-state index in [0.29, 0.717) is 5.82 Å². The first-order valence-electron chi connectivity index (χ1n) is 6.01. The second-order valence-corrected chi connectivity index (χ2v) is 6.10. The molecule has 3 aromatic rings. The number of nitrogen functional groups attached to an aromatic ring is 1. The van der Waals surface area contributed by atoms with Gasteiger partial charge in [-0.15, -0.1) is 0 Å². The number of para-hydroxylation sites is 1. The van der Waals surface area contributed by atoms with Crippen molar-refractivity contribution >= 4 is 37.7 Å². The van der Waals surface area contributed by atoms with Gasteiger partial charge in [0.05, 0.1) is 11.4 Å². The topological polar surface area (TPSA) is 43.8 Å². The summed E-state index contributed by atoms with van der Waals surface area (Å²) in [6.07, 6.45) is 0. The van der Waals surface area contributed by atoms with Gasteiger partial charge in [0.15, 0.2) is 0 Å². The second kappa shape index (κ2) is 5.42. The molecule has 1 heterocycles. The van der Waals surface area contributed by atoms with E-state index in [4.69, 9.17) is 5.73 Å². The van der Waals surface area contributed by atoms with Crippen molar-refractivity contribution in [2.24, 2.45) is 0 Å². The van der Waals surface area contributed by atoms with Crippen LogP contribution in [0, 0.1) is 0 Å². The standard InChI is InChI=1S/C15H11Br2N3/c16-10-6-7-12(13(17)8-10)14-9-15(18)20(19-14)11-4-2-1-3-5-11/h1-9H,18H2. The van der Waals surface area contributed by atoms with Gasteiger partial charge in [-0.2, -0.15) is 5.10 Å². The molecule has 3 nitrogen and oxygen atoms in total. The Balaban J connectivity index is 2.09. The maximum Gasteiger partial charge on any atom is 0.127 e. The Labute approximate surface area is 133 Å². The van der Waals surface area contributed by atoms with E-state index in [2.05, 4.69) is 37.0 Å². The number of aromatic nitrogens is 2. The van der Waals surface area contributed by atoms with Crippen molar-refractivity contribution in [1.29, 1.82) is 0 Å². The maximum absolute atomic E-state index is 6.07. The summed E-state index contributed by atoms with van der Waals surface area (Å²) in [6, 6.07) is 17.7. The minimum Gasteiger partial charge on any atom is -0.384 e. The van der Waals surface area contributed by atoms with Crippen LogP contribution >= 0.6 is 31.9 Å². The highest BCUT2D eigenvalue weighted by atomic mass is 79.9. The van der Waals surface area contributed by atoms with E-state index in [9.17, 15) is 0 Å². The lowest BCUT2D eigenvalue weighted by atomic mass is 10.1. The molecular formula is C15H11Br2N3. The van der Waals surface area contributed by atoms with Crippen molar-refractivity contribution in [3.8, 4) is 16.9 Å². The first kappa shape index (κ1) is 13.4. The second-order valence-electron chi connectivity index (χ2n) is 4.33. The fraction of sp³-hybridized carbons (Fsp3) is 0. The number of anilines is 1. The number of benzene rings is 2. The summed E-state index contributed by atoms with van der Waals surface area (Å²) in [5.41, 5.74) is 8.86. The summed E-state index contributed by atoms with van der Waals surface area (Å²) in [6.45, 7) is 0. The number of halogens is 2. The third-order valence-corrected chi connectivity index (χ3v) is 4.09. The normalized spacial score (nSPS) is 10.7. The maximum atomic E-state index is 6.07. The van der Waals surface area contributed by atoms with Gasteiger partial charge in [-0.1, -0.05) is 56.1 Å². The summed E-state index contributed by atoms with van der Waals surface area (Å²) in [7, 11) is 0. The molecule has 0 unspecified atom stereocenters. The van der Waals surface area contributed by atoms with Gasteiger partial charge in [-0.05, 0) is 24.3 Å². The van der Waals surface area contributed by atoms with Gasteiger partial charge < -0.3 is 5.73 Å². The smallest absolute Gasteiger partial charge is 0.127 e. The molecule has 0 bridgehead atoms. The molecule has 1 aromatic heterocycles. The van der Waals surface area contributed by atoms with E-state index < -0.39 is 0 Å². The van der Waals surface area contributed by atoms with Gasteiger partial charge in [0.25, 0.3) is 0 Å². The fourth-order valence-corrected chi connectivity index (χ4v) is 3.25. The zero-order chi connectivity index (χ0) is 14.1. The Bertz CT molecular complexity index is 751. The summed E-state index contributed by atoms with van der Waals surface area (Å²) < 4.78 is 3.73. The van der Waals surface area contributed by atoms with Gasteiger partial charge in [0.1, 0.15) is 5.82 Å². The van der Waals surface area contributed by atoms with Gasteiger partial charge >= 0.3 is 0 Å². The number of rotatable bonds is 2. The molecule has 0 fully saturated rings. The predicted molar refractivity (Wildman–Crippen MR) is 88.8 cm³/mol. The molecule has 5 heteroatoms. The van der Waals surface area contributed by atoms with Gasteiger partial charge in [0.2, 0.25) is 0 Å². The van der Waals surface area contributed by atoms with Crippen molar-refractivity contribution in [2.75, 3.05) is 5.73 Å². The lowest BCUT2D eigenvalue weighted by Crippen LogP contribution is -2.01. The Morgan fingerprint density at radius 1 is 0.950 bits per heavy atom. The van der Waals surface area contributed by atoms with Crippen LogP contribution in [0.4, 0.5) is 5.82 Å². The van der Waals surface area contributed by atoms with Crippen LogP contribution in [0.2, 0.25) is 0 Å². The van der Waals surface area contributed by atoms with Crippen LogP contribution < -0.4 is 5.73 Å². The van der Waals surface area contributed by atoms with Crippen LogP contribution in [0.25, 0.3) is 16.9 Å². The Kier molecular flexibility index (Phi) is 3.63. The number of nitrogens with zero attached hydrogens (tertiary/aromatic N) is 2. The average Bonchev–Trinajstić information content (AvgIpc) is 2.81. The molecule has 0 saturated heterocycles. The summed E-state index contributed by atoms with van der Waals surface area (Å²) >= 11 is 7.00. The molecule has 0 aliphatic heterocycles. The van der Waals surface area contributed by atoms with E-state index in [1.807, 2.05) is 54.6 Å². The molecule has 0 saturated carbocycles. The summed E-state index contributed by atoms with van der Waals surface area (Å²) in [4.78, 5) is 0. The Morgan fingerprint density at radius 2 is 1.70 bits per heavy atom. The molecular weight excluding hydrogens is 382 g/mol. The van der Waals surface area contributed by atoms with E-state index in [0.717, 1.165) is 25.9 Å². The molecule has 0 radical (unpaired) electrons. The molecule has 0 aliphatic carbocycles. The predicted octanol–water partition coefficient (Wildman–Crippen LogP) is 4.65. The van der Waals surface area contributed by atoms with Crippen LogP contribution in [-0.4, -0.2) is 9.78 Å². The van der Waals surface area contributed by atoms with E-state index in [-0.39, 0.29) is 0 Å². The first-order valence-corrected chi connectivity index (χ1v) is 7.60. The zero-order valence-corrected chi connectivity index (χ0v) is 13.6. The quantitative estimate of drug-likeness (QED) is 0.689. The van der Waals surface area contributed by atoms with Crippen LogP contribution in [0.3, 0.4) is 0 Å². The van der Waals surface area contributed by atoms with E-state index >= 15 is 0 Å². The van der Waals surface area contributed by atoms with Crippen molar-refractivity contribution in [2.45, 2.75) is 0 Å². The molecule has 2 aromatic carbocycles.